The molecular formula is C14H27NO2. The Bertz CT molecular complexity index is 210. The van der Waals surface area contributed by atoms with Gasteiger partial charge in [-0.05, 0) is 38.0 Å². The van der Waals surface area contributed by atoms with Gasteiger partial charge in [-0.15, -0.1) is 0 Å². The van der Waals surface area contributed by atoms with Crippen LogP contribution in [0.5, 0.6) is 0 Å². The maximum Gasteiger partial charge on any atom is 0.220 e. The van der Waals surface area contributed by atoms with Gasteiger partial charge in [-0.25, -0.2) is 0 Å². The first kappa shape index (κ1) is 14.5. The summed E-state index contributed by atoms with van der Waals surface area (Å²) in [5.74, 6) is 0.783. The van der Waals surface area contributed by atoms with Crippen LogP contribution in [0.25, 0.3) is 0 Å². The van der Waals surface area contributed by atoms with E-state index >= 15 is 0 Å². The molecule has 1 rings (SSSR count). The number of hydrogen-bond acceptors (Lipinski definition) is 2. The van der Waals surface area contributed by atoms with Gasteiger partial charge in [0.05, 0.1) is 6.10 Å². The molecule has 0 radical (unpaired) electrons. The zero-order valence-electron chi connectivity index (χ0n) is 11.1. The Kier molecular flexibility index (Phi) is 7.25. The minimum absolute atomic E-state index is 0.101. The van der Waals surface area contributed by atoms with Gasteiger partial charge in [0.1, 0.15) is 0 Å². The van der Waals surface area contributed by atoms with Crippen molar-refractivity contribution in [3.8, 4) is 0 Å². The van der Waals surface area contributed by atoms with E-state index in [1.54, 1.807) is 0 Å². The first-order valence-electron chi connectivity index (χ1n) is 7.17. The Labute approximate surface area is 105 Å². The summed E-state index contributed by atoms with van der Waals surface area (Å²) in [5, 5.41) is 12.4. The molecule has 0 bridgehead atoms. The topological polar surface area (TPSA) is 49.3 Å². The van der Waals surface area contributed by atoms with Crippen molar-refractivity contribution in [1.29, 1.82) is 0 Å². The summed E-state index contributed by atoms with van der Waals surface area (Å²) in [6.45, 7) is 2.98. The van der Waals surface area contributed by atoms with Crippen molar-refractivity contribution in [1.82, 2.24) is 5.32 Å². The standard InChI is InChI=1S/C14H27NO2/c1-2-3-4-5-6-14(17)15-11-12-7-9-13(16)10-8-12/h12-13,16H,2-11H2,1H3,(H,15,17). The predicted molar refractivity (Wildman–Crippen MR) is 69.7 cm³/mol. The van der Waals surface area contributed by atoms with Crippen molar-refractivity contribution in [2.24, 2.45) is 5.92 Å². The van der Waals surface area contributed by atoms with E-state index in [1.165, 1.54) is 19.3 Å². The average molecular weight is 241 g/mol. The van der Waals surface area contributed by atoms with Gasteiger partial charge in [-0.2, -0.15) is 0 Å². The van der Waals surface area contributed by atoms with Crippen LogP contribution in [0.15, 0.2) is 0 Å². The lowest BCUT2D eigenvalue weighted by Gasteiger charge is -2.25. The molecule has 0 unspecified atom stereocenters. The van der Waals surface area contributed by atoms with E-state index in [2.05, 4.69) is 12.2 Å². The summed E-state index contributed by atoms with van der Waals surface area (Å²) in [4.78, 5) is 11.6. The van der Waals surface area contributed by atoms with E-state index in [1.807, 2.05) is 0 Å². The SMILES string of the molecule is CCCCCCC(=O)NCC1CCC(O)CC1. The zero-order chi connectivity index (χ0) is 12.5. The second-order valence-corrected chi connectivity index (χ2v) is 5.29. The van der Waals surface area contributed by atoms with Crippen molar-refractivity contribution in [2.45, 2.75) is 70.8 Å². The summed E-state index contributed by atoms with van der Waals surface area (Å²) in [5.41, 5.74) is 0. The van der Waals surface area contributed by atoms with Crippen molar-refractivity contribution < 1.29 is 9.90 Å². The Hall–Kier alpha value is -0.570. The molecule has 2 N–H and O–H groups in total. The molecule has 0 saturated heterocycles. The highest BCUT2D eigenvalue weighted by molar-refractivity contribution is 5.75. The monoisotopic (exact) mass is 241 g/mol. The first-order chi connectivity index (χ1) is 8.22. The van der Waals surface area contributed by atoms with Crippen LogP contribution in [0.3, 0.4) is 0 Å². The van der Waals surface area contributed by atoms with E-state index < -0.39 is 0 Å². The number of carbonyl (C=O) groups excluding carboxylic acids is 1. The van der Waals surface area contributed by atoms with Crippen molar-refractivity contribution >= 4 is 5.91 Å². The first-order valence-corrected chi connectivity index (χ1v) is 7.17. The van der Waals surface area contributed by atoms with Gasteiger partial charge in [0, 0.05) is 13.0 Å². The number of amides is 1. The fourth-order valence-electron chi connectivity index (χ4n) is 2.41. The van der Waals surface area contributed by atoms with Crippen LogP contribution in [-0.4, -0.2) is 23.7 Å². The molecule has 1 saturated carbocycles. The van der Waals surface area contributed by atoms with Crippen molar-refractivity contribution in [3.63, 3.8) is 0 Å². The molecule has 17 heavy (non-hydrogen) atoms. The highest BCUT2D eigenvalue weighted by Gasteiger charge is 2.19. The third-order valence-corrected chi connectivity index (χ3v) is 3.66. The summed E-state index contributed by atoms with van der Waals surface area (Å²) in [6.07, 6.45) is 9.11. The molecule has 1 amide bonds. The molecule has 1 aliphatic carbocycles. The maximum atomic E-state index is 11.6. The normalized spacial score (nSPS) is 24.6. The molecule has 0 atom stereocenters. The summed E-state index contributed by atoms with van der Waals surface area (Å²) in [6, 6.07) is 0. The Morgan fingerprint density at radius 1 is 1.18 bits per heavy atom. The van der Waals surface area contributed by atoms with Crippen LogP contribution >= 0.6 is 0 Å². The molecule has 1 aliphatic rings. The Balaban J connectivity index is 1.99. The second kappa shape index (κ2) is 8.51. The minimum Gasteiger partial charge on any atom is -0.393 e. The minimum atomic E-state index is -0.101. The van der Waals surface area contributed by atoms with E-state index in [-0.39, 0.29) is 12.0 Å². The molecule has 0 aromatic heterocycles. The molecule has 3 heteroatoms. The molecule has 0 aromatic rings. The Morgan fingerprint density at radius 2 is 1.88 bits per heavy atom. The lowest BCUT2D eigenvalue weighted by atomic mass is 9.87. The number of aliphatic hydroxyl groups excluding tert-OH is 1. The van der Waals surface area contributed by atoms with Gasteiger partial charge in [-0.1, -0.05) is 26.2 Å². The van der Waals surface area contributed by atoms with Crippen LogP contribution in [0, 0.1) is 5.92 Å². The number of nitrogens with one attached hydrogen (secondary N) is 1. The van der Waals surface area contributed by atoms with Crippen LogP contribution in [0.2, 0.25) is 0 Å². The van der Waals surface area contributed by atoms with Gasteiger partial charge in [0.15, 0.2) is 0 Å². The maximum absolute atomic E-state index is 11.6. The van der Waals surface area contributed by atoms with Gasteiger partial charge < -0.3 is 10.4 Å². The molecule has 0 aromatic carbocycles. The van der Waals surface area contributed by atoms with Crippen LogP contribution < -0.4 is 5.32 Å². The van der Waals surface area contributed by atoms with E-state index in [4.69, 9.17) is 0 Å². The van der Waals surface area contributed by atoms with Crippen molar-refractivity contribution in [3.05, 3.63) is 0 Å². The van der Waals surface area contributed by atoms with E-state index in [0.717, 1.165) is 38.6 Å². The highest BCUT2D eigenvalue weighted by atomic mass is 16.3. The highest BCUT2D eigenvalue weighted by Crippen LogP contribution is 2.23. The lowest BCUT2D eigenvalue weighted by Crippen LogP contribution is -2.31. The van der Waals surface area contributed by atoms with Crippen LogP contribution in [0.1, 0.15) is 64.7 Å². The summed E-state index contributed by atoms with van der Waals surface area (Å²) < 4.78 is 0. The van der Waals surface area contributed by atoms with Crippen molar-refractivity contribution in [2.75, 3.05) is 6.54 Å². The molecular weight excluding hydrogens is 214 g/mol. The van der Waals surface area contributed by atoms with Crippen LogP contribution in [-0.2, 0) is 4.79 Å². The van der Waals surface area contributed by atoms with Gasteiger partial charge in [-0.3, -0.25) is 4.79 Å². The number of unbranched alkanes of at least 4 members (excludes halogenated alkanes) is 3. The number of aliphatic hydroxyl groups is 1. The third-order valence-electron chi connectivity index (χ3n) is 3.66. The molecule has 3 nitrogen and oxygen atoms in total. The quantitative estimate of drug-likeness (QED) is 0.673. The summed E-state index contributed by atoms with van der Waals surface area (Å²) in [7, 11) is 0. The molecule has 0 heterocycles. The third kappa shape index (κ3) is 6.67. The smallest absolute Gasteiger partial charge is 0.220 e. The Morgan fingerprint density at radius 3 is 2.53 bits per heavy atom. The lowest BCUT2D eigenvalue weighted by molar-refractivity contribution is -0.121. The van der Waals surface area contributed by atoms with Crippen LogP contribution in [0.4, 0.5) is 0 Å². The molecule has 0 spiro atoms. The van der Waals surface area contributed by atoms with E-state index in [0.29, 0.717) is 12.3 Å². The number of hydrogen-bond donors (Lipinski definition) is 2. The van der Waals surface area contributed by atoms with Gasteiger partial charge >= 0.3 is 0 Å². The predicted octanol–water partition coefficient (Wildman–Crippen LogP) is 2.62. The van der Waals surface area contributed by atoms with Gasteiger partial charge in [0.2, 0.25) is 5.91 Å². The van der Waals surface area contributed by atoms with E-state index in [9.17, 15) is 9.90 Å². The van der Waals surface area contributed by atoms with Gasteiger partial charge in [0.25, 0.3) is 0 Å². The number of carbonyl (C=O) groups is 1. The fourth-order valence-corrected chi connectivity index (χ4v) is 2.41. The number of rotatable bonds is 7. The fraction of sp³-hybridized carbons (Fsp3) is 0.929. The zero-order valence-corrected chi connectivity index (χ0v) is 11.1. The second-order valence-electron chi connectivity index (χ2n) is 5.29. The largest absolute Gasteiger partial charge is 0.393 e. The average Bonchev–Trinajstić information content (AvgIpc) is 2.34. The molecule has 0 aliphatic heterocycles. The molecule has 100 valence electrons. The molecule has 1 fully saturated rings. The summed E-state index contributed by atoms with van der Waals surface area (Å²) >= 11 is 0.